The Kier molecular flexibility index (Phi) is 13.6. The van der Waals surface area contributed by atoms with E-state index in [0.29, 0.717) is 140 Å². The summed E-state index contributed by atoms with van der Waals surface area (Å²) in [4.78, 5) is 83.8. The minimum atomic E-state index is -4.51. The Labute approximate surface area is 425 Å². The lowest BCUT2D eigenvalue weighted by Crippen LogP contribution is -2.35. The van der Waals surface area contributed by atoms with Crippen molar-refractivity contribution in [3.8, 4) is 5.75 Å². The van der Waals surface area contributed by atoms with E-state index in [1.807, 2.05) is 9.47 Å². The molecule has 3 aliphatic rings. The number of oxazole rings is 1. The zero-order chi connectivity index (χ0) is 52.8. The molecule has 0 bridgehead atoms. The van der Waals surface area contributed by atoms with Gasteiger partial charge in [-0.3, -0.25) is 28.3 Å². The van der Waals surface area contributed by atoms with Gasteiger partial charge in [-0.15, -0.1) is 10.1 Å². The molecule has 6 heterocycles. The Morgan fingerprint density at radius 1 is 0.587 bits per heavy atom. The molecule has 10 rings (SSSR count). The molecule has 2 fully saturated rings. The third-order valence-corrected chi connectivity index (χ3v) is 14.5. The van der Waals surface area contributed by atoms with Crippen molar-refractivity contribution < 1.29 is 86.9 Å². The van der Waals surface area contributed by atoms with Gasteiger partial charge < -0.3 is 32.6 Å². The monoisotopic (exact) mass is 1070 g/mol. The number of carbonyl (C=O) groups is 6. The quantitative estimate of drug-likeness (QED) is 0.0258. The van der Waals surface area contributed by atoms with Crippen LogP contribution in [0.3, 0.4) is 0 Å². The van der Waals surface area contributed by atoms with Crippen LogP contribution in [-0.2, 0) is 65.2 Å². The number of ether oxygens (including phenoxy) is 1. The number of hydrogen-bond donors (Lipinski definition) is 2. The molecule has 22 nitrogen and oxygen atoms in total. The fourth-order valence-corrected chi connectivity index (χ4v) is 10.1. The molecule has 0 aliphatic carbocycles. The number of nitrogens with zero attached hydrogens (tertiary/aromatic N) is 4. The molecule has 4 amide bonds. The van der Waals surface area contributed by atoms with E-state index >= 15 is 0 Å². The van der Waals surface area contributed by atoms with Gasteiger partial charge >= 0.3 is 17.8 Å². The van der Waals surface area contributed by atoms with Crippen LogP contribution in [0, 0.1) is 0 Å². The number of imide groups is 2. The maximum absolute atomic E-state index is 12.5. The number of rotatable bonds is 19. The van der Waals surface area contributed by atoms with Crippen LogP contribution >= 0.6 is 0 Å². The van der Waals surface area contributed by atoms with Crippen LogP contribution in [0.2, 0.25) is 0 Å². The average Bonchev–Trinajstić information content (AvgIpc) is 4.23. The number of fused-ring (bicyclic) bond motifs is 8. The Bertz CT molecular complexity index is 3850. The van der Waals surface area contributed by atoms with Crippen LogP contribution in [0.5, 0.6) is 5.75 Å². The van der Waals surface area contributed by atoms with Crippen molar-refractivity contribution in [2.45, 2.75) is 93.4 Å². The zero-order valence-corrected chi connectivity index (χ0v) is 41.2. The molecule has 75 heavy (non-hydrogen) atoms. The number of unbranched alkanes of at least 4 members (excludes halogenated alkanes) is 4. The highest BCUT2D eigenvalue weighted by Crippen LogP contribution is 2.45. The summed E-state index contributed by atoms with van der Waals surface area (Å²) in [5.41, 5.74) is 3.35. The molecular weight excluding hydrogens is 1020 g/mol. The number of amides is 4. The van der Waals surface area contributed by atoms with Crippen LogP contribution in [0.15, 0.2) is 114 Å². The van der Waals surface area contributed by atoms with Crippen LogP contribution in [0.1, 0.15) is 82.9 Å². The maximum atomic E-state index is 12.5. The molecule has 3 aromatic heterocycles. The highest BCUT2D eigenvalue weighted by molar-refractivity contribution is 7.86. The van der Waals surface area contributed by atoms with Crippen LogP contribution in [0.4, 0.5) is 5.69 Å². The highest BCUT2D eigenvalue weighted by atomic mass is 32.2. The summed E-state index contributed by atoms with van der Waals surface area (Å²) >= 11 is 0. The lowest BCUT2D eigenvalue weighted by molar-refractivity contribution is -0.678. The fourth-order valence-electron chi connectivity index (χ4n) is 9.11. The van der Waals surface area contributed by atoms with Crippen molar-refractivity contribution in [2.24, 2.45) is 0 Å². The third-order valence-electron chi connectivity index (χ3n) is 12.8. The lowest BCUT2D eigenvalue weighted by Gasteiger charge is -2.18. The number of furan rings is 2. The number of benzene rings is 4. The number of aryl methyl sites for hydroxylation is 1. The number of carbonyl (C=O) groups excluding carboxylic acids is 6. The van der Waals surface area contributed by atoms with Gasteiger partial charge in [0.05, 0.1) is 27.6 Å². The topological polar surface area (TPSA) is 292 Å². The molecule has 0 saturated carbocycles. The first-order valence-electron chi connectivity index (χ1n) is 23.8. The Morgan fingerprint density at radius 3 is 1.69 bits per heavy atom. The standard InChI is InChI=1S/C51H44N4O18S2/c56-44-18-19-45(57)54(44)72-50(60)12-6-2-8-22-52-36-28-40-34(32-24-30(74(62,63)64)14-16-38(32)68-40)26-42(36)70-48(52)10-4-1-5-11-49-53(23-9-3-7-13-51(61)73-55-46(58)20-21-47(55)59)37-29-41-35(27-43(37)71-49)33-25-31(75(65,66)67)15-17-39(33)69-41/h1,4-5,10-11,14-17,24-29H,2-3,6-9,12-13,18-23H2,(H-,62,63,64,65,66,67)/p+1. The molecule has 0 spiro atoms. The van der Waals surface area contributed by atoms with Gasteiger partial charge in [0, 0.05) is 79.1 Å². The molecule has 0 radical (unpaired) electrons. The minimum Gasteiger partial charge on any atom is -0.456 e. The molecule has 7 aromatic rings. The summed E-state index contributed by atoms with van der Waals surface area (Å²) in [5.74, 6) is -2.36. The Balaban J connectivity index is 0.889. The molecule has 388 valence electrons. The van der Waals surface area contributed by atoms with E-state index in [4.69, 9.17) is 27.7 Å². The Morgan fingerprint density at radius 2 is 1.12 bits per heavy atom. The zero-order valence-electron chi connectivity index (χ0n) is 39.6. The lowest BCUT2D eigenvalue weighted by atomic mass is 10.1. The van der Waals surface area contributed by atoms with Crippen molar-refractivity contribution in [1.29, 1.82) is 0 Å². The summed E-state index contributed by atoms with van der Waals surface area (Å²) in [6, 6.07) is 15.0. The number of anilines is 1. The summed E-state index contributed by atoms with van der Waals surface area (Å²) in [7, 11) is -9.02. The second-order valence-corrected chi connectivity index (χ2v) is 20.8. The number of hydroxylamine groups is 4. The van der Waals surface area contributed by atoms with Crippen molar-refractivity contribution in [3.63, 3.8) is 0 Å². The SMILES string of the molecule is O=C(CCCCCN1/C(=C/C=C/C=C/c2oc3cc4c(cc3[n+]2CCCCCC(=O)ON2C(=O)CCC2=O)oc2ccc(S(=O)(=O)O)cc24)Oc2cc3c(cc21)oc1ccc(S(=O)(=O)O)cc13)ON1C(=O)CCC1=O. The summed E-state index contributed by atoms with van der Waals surface area (Å²) in [6.45, 7) is 0.819. The van der Waals surface area contributed by atoms with Crippen LogP contribution in [-0.4, -0.2) is 78.2 Å². The van der Waals surface area contributed by atoms with Crippen molar-refractivity contribution >= 4 is 123 Å². The summed E-state index contributed by atoms with van der Waals surface area (Å²) < 4.78 is 94.3. The molecule has 2 N–H and O–H groups in total. The smallest absolute Gasteiger partial charge is 0.374 e. The second-order valence-electron chi connectivity index (χ2n) is 17.9. The fraction of sp³-hybridized carbons (Fsp3) is 0.275. The predicted octanol–water partition coefficient (Wildman–Crippen LogP) is 7.66. The summed E-state index contributed by atoms with van der Waals surface area (Å²) in [5, 5.41) is 3.00. The van der Waals surface area contributed by atoms with E-state index in [2.05, 4.69) is 0 Å². The average molecular weight is 1070 g/mol. The van der Waals surface area contributed by atoms with Gasteiger partial charge in [0.1, 0.15) is 22.3 Å². The van der Waals surface area contributed by atoms with E-state index in [-0.39, 0.29) is 48.3 Å². The Hall–Kier alpha value is -8.19. The number of hydrogen-bond acceptors (Lipinski definition) is 17. The normalized spacial score (nSPS) is 16.0. The van der Waals surface area contributed by atoms with Gasteiger partial charge in [-0.2, -0.15) is 21.4 Å². The number of aromatic nitrogens is 1. The summed E-state index contributed by atoms with van der Waals surface area (Å²) in [6.07, 6.45) is 11.6. The molecule has 2 saturated heterocycles. The van der Waals surface area contributed by atoms with Gasteiger partial charge in [0.2, 0.25) is 11.5 Å². The second kappa shape index (κ2) is 20.3. The minimum absolute atomic E-state index is 0.00991. The first-order valence-corrected chi connectivity index (χ1v) is 26.7. The highest BCUT2D eigenvalue weighted by Gasteiger charge is 2.34. The van der Waals surface area contributed by atoms with E-state index in [1.165, 1.54) is 36.4 Å². The van der Waals surface area contributed by atoms with Crippen molar-refractivity contribution in [2.75, 3.05) is 11.4 Å². The molecular formula is C51H45N4O18S2+. The molecule has 4 aromatic carbocycles. The third kappa shape index (κ3) is 10.5. The van der Waals surface area contributed by atoms with Crippen LogP contribution < -0.4 is 14.2 Å². The van der Waals surface area contributed by atoms with Gasteiger partial charge in [0.25, 0.3) is 49.4 Å². The largest absolute Gasteiger partial charge is 0.456 e. The van der Waals surface area contributed by atoms with Gasteiger partial charge in [0.15, 0.2) is 12.3 Å². The number of allylic oxidation sites excluding steroid dienone is 4. The molecule has 0 unspecified atom stereocenters. The van der Waals surface area contributed by atoms with Gasteiger partial charge in [-0.1, -0.05) is 24.6 Å². The van der Waals surface area contributed by atoms with Crippen molar-refractivity contribution in [3.05, 3.63) is 96.7 Å². The molecule has 24 heteroatoms. The molecule has 0 atom stereocenters. The van der Waals surface area contributed by atoms with E-state index < -0.39 is 55.8 Å². The maximum Gasteiger partial charge on any atom is 0.374 e. The van der Waals surface area contributed by atoms with E-state index in [0.717, 1.165) is 0 Å². The van der Waals surface area contributed by atoms with Crippen molar-refractivity contribution in [1.82, 2.24) is 10.1 Å². The predicted molar refractivity (Wildman–Crippen MR) is 263 cm³/mol. The van der Waals surface area contributed by atoms with E-state index in [9.17, 15) is 54.7 Å². The van der Waals surface area contributed by atoms with E-state index in [1.54, 1.807) is 54.6 Å². The first kappa shape index (κ1) is 50.3. The van der Waals surface area contributed by atoms with Gasteiger partial charge in [-0.05, 0) is 80.3 Å². The van der Waals surface area contributed by atoms with Gasteiger partial charge in [-0.25, -0.2) is 9.59 Å². The first-order chi connectivity index (χ1) is 35.9. The van der Waals surface area contributed by atoms with Crippen LogP contribution in [0.25, 0.3) is 61.1 Å². The molecule has 3 aliphatic heterocycles.